The lowest BCUT2D eigenvalue weighted by molar-refractivity contribution is -0.138. The quantitative estimate of drug-likeness (QED) is 0.210. The zero-order chi connectivity index (χ0) is 29.2. The Kier molecular flexibility index (Phi) is 17.7. The number of nitrogens with two attached hydrogens (primary N) is 2. The Hall–Kier alpha value is -4.19. The van der Waals surface area contributed by atoms with Crippen molar-refractivity contribution in [2.24, 2.45) is 11.5 Å². The van der Waals surface area contributed by atoms with E-state index in [1.807, 2.05) is 78.9 Å². The summed E-state index contributed by atoms with van der Waals surface area (Å²) in [7, 11) is 0. The molecule has 8 N–H and O–H groups in total. The van der Waals surface area contributed by atoms with E-state index in [1.165, 1.54) is 6.92 Å². The molecule has 11 heteroatoms. The lowest BCUT2D eigenvalue weighted by Gasteiger charge is -2.15. The molecule has 3 aromatic rings. The maximum atomic E-state index is 10.9. The van der Waals surface area contributed by atoms with Crippen LogP contribution in [0.3, 0.4) is 0 Å². The van der Waals surface area contributed by atoms with Crippen LogP contribution in [0.1, 0.15) is 61.0 Å². The van der Waals surface area contributed by atoms with Crippen LogP contribution < -0.4 is 16.8 Å². The zero-order valence-corrected chi connectivity index (χ0v) is 23.1. The summed E-state index contributed by atoms with van der Waals surface area (Å²) in [6.45, 7) is 1.37. The Labute approximate surface area is 240 Å². The molecule has 1 unspecified atom stereocenters. The standard InChI is InChI=1S/C11H13NO3.2C9H11NO2.H2S/c1-8(13)12-10(7-11(14)15)9-5-3-2-4-6-9;2*10-8(6-9(11)12)7-4-2-1-3-5-7;/h2-6,10H,7H2,1H3,(H,12,13)(H,14,15);2*1-5,8H,6,10H2,(H,11,12);1H2/t;2*8-;/m.10./s1. The van der Waals surface area contributed by atoms with E-state index >= 15 is 0 Å². The summed E-state index contributed by atoms with van der Waals surface area (Å²) in [4.78, 5) is 42.1. The van der Waals surface area contributed by atoms with Gasteiger partial charge in [0.1, 0.15) is 0 Å². The van der Waals surface area contributed by atoms with E-state index in [9.17, 15) is 19.2 Å². The molecule has 0 aliphatic rings. The van der Waals surface area contributed by atoms with Crippen LogP contribution in [-0.4, -0.2) is 39.1 Å². The molecule has 3 rings (SSSR count). The first-order valence-electron chi connectivity index (χ1n) is 12.1. The highest BCUT2D eigenvalue weighted by molar-refractivity contribution is 7.59. The maximum Gasteiger partial charge on any atom is 0.305 e. The molecular weight excluding hydrogens is 534 g/mol. The van der Waals surface area contributed by atoms with E-state index in [0.29, 0.717) is 0 Å². The second-order valence-corrected chi connectivity index (χ2v) is 8.49. The van der Waals surface area contributed by atoms with Crippen LogP contribution in [0.15, 0.2) is 91.0 Å². The minimum atomic E-state index is -0.933. The van der Waals surface area contributed by atoms with Crippen molar-refractivity contribution in [2.45, 2.75) is 44.3 Å². The fourth-order valence-electron chi connectivity index (χ4n) is 3.37. The van der Waals surface area contributed by atoms with E-state index < -0.39 is 36.0 Å². The number of carboxylic acid groups (broad SMARTS) is 3. The normalized spacial score (nSPS) is 11.9. The summed E-state index contributed by atoms with van der Waals surface area (Å²) in [5.74, 6) is -2.90. The second kappa shape index (κ2) is 19.8. The molecule has 0 bridgehead atoms. The number of carboxylic acids is 3. The van der Waals surface area contributed by atoms with Gasteiger partial charge in [0.05, 0.1) is 25.3 Å². The molecule has 216 valence electrons. The monoisotopic (exact) mass is 571 g/mol. The Balaban J connectivity index is 0.000000568. The second-order valence-electron chi connectivity index (χ2n) is 8.49. The topological polar surface area (TPSA) is 193 Å². The van der Waals surface area contributed by atoms with Gasteiger partial charge in [0, 0.05) is 19.0 Å². The Morgan fingerprint density at radius 1 is 0.600 bits per heavy atom. The van der Waals surface area contributed by atoms with Crippen molar-refractivity contribution >= 4 is 37.3 Å². The highest BCUT2D eigenvalue weighted by atomic mass is 32.1. The summed E-state index contributed by atoms with van der Waals surface area (Å²) in [6.07, 6.45) is -0.155. The van der Waals surface area contributed by atoms with Gasteiger partial charge >= 0.3 is 17.9 Å². The van der Waals surface area contributed by atoms with Crippen molar-refractivity contribution in [1.82, 2.24) is 5.32 Å². The van der Waals surface area contributed by atoms with Gasteiger partial charge in [0.2, 0.25) is 5.91 Å². The number of carbonyl (C=O) groups is 4. The minimum Gasteiger partial charge on any atom is -0.481 e. The smallest absolute Gasteiger partial charge is 0.305 e. The fraction of sp³-hybridized carbons (Fsp3) is 0.241. The van der Waals surface area contributed by atoms with Gasteiger partial charge in [-0.3, -0.25) is 19.2 Å². The van der Waals surface area contributed by atoms with Gasteiger partial charge in [-0.15, -0.1) is 0 Å². The third-order valence-electron chi connectivity index (χ3n) is 5.20. The number of hydrogen-bond acceptors (Lipinski definition) is 6. The summed E-state index contributed by atoms with van der Waals surface area (Å²) < 4.78 is 0. The Morgan fingerprint density at radius 3 is 1.18 bits per heavy atom. The van der Waals surface area contributed by atoms with Gasteiger partial charge in [0.25, 0.3) is 0 Å². The molecule has 0 aliphatic heterocycles. The van der Waals surface area contributed by atoms with Crippen molar-refractivity contribution in [3.63, 3.8) is 0 Å². The molecule has 0 radical (unpaired) electrons. The van der Waals surface area contributed by atoms with Crippen LogP contribution in [-0.2, 0) is 19.2 Å². The number of carbonyl (C=O) groups excluding carboxylic acids is 1. The van der Waals surface area contributed by atoms with Gasteiger partial charge in [-0.05, 0) is 16.7 Å². The van der Waals surface area contributed by atoms with Gasteiger partial charge in [-0.25, -0.2) is 0 Å². The number of rotatable bonds is 10. The van der Waals surface area contributed by atoms with Crippen LogP contribution in [0.25, 0.3) is 0 Å². The number of aliphatic carboxylic acids is 3. The first-order chi connectivity index (χ1) is 18.5. The van der Waals surface area contributed by atoms with Gasteiger partial charge in [0.15, 0.2) is 0 Å². The first kappa shape index (κ1) is 35.8. The van der Waals surface area contributed by atoms with Crippen LogP contribution in [0.2, 0.25) is 0 Å². The molecule has 3 atom stereocenters. The summed E-state index contributed by atoms with van der Waals surface area (Å²) in [5, 5.41) is 28.2. The molecule has 3 aromatic carbocycles. The third kappa shape index (κ3) is 15.9. The number of hydrogen-bond donors (Lipinski definition) is 6. The molecule has 0 fully saturated rings. The highest BCUT2D eigenvalue weighted by Gasteiger charge is 2.15. The third-order valence-corrected chi connectivity index (χ3v) is 5.20. The summed E-state index contributed by atoms with van der Waals surface area (Å²) in [5.41, 5.74) is 13.8. The molecule has 10 nitrogen and oxygen atoms in total. The van der Waals surface area contributed by atoms with Crippen molar-refractivity contribution in [3.8, 4) is 0 Å². The van der Waals surface area contributed by atoms with E-state index in [4.69, 9.17) is 26.8 Å². The molecule has 40 heavy (non-hydrogen) atoms. The van der Waals surface area contributed by atoms with Crippen LogP contribution in [0.5, 0.6) is 0 Å². The average molecular weight is 572 g/mol. The first-order valence-corrected chi connectivity index (χ1v) is 12.1. The lowest BCUT2D eigenvalue weighted by Crippen LogP contribution is -2.27. The van der Waals surface area contributed by atoms with Crippen molar-refractivity contribution in [1.29, 1.82) is 0 Å². The minimum absolute atomic E-state index is 0. The van der Waals surface area contributed by atoms with Gasteiger partial charge in [-0.1, -0.05) is 91.0 Å². The summed E-state index contributed by atoms with van der Waals surface area (Å²) >= 11 is 0. The molecule has 0 spiro atoms. The predicted molar refractivity (Wildman–Crippen MR) is 157 cm³/mol. The van der Waals surface area contributed by atoms with Crippen LogP contribution in [0, 0.1) is 0 Å². The Morgan fingerprint density at radius 2 is 0.900 bits per heavy atom. The van der Waals surface area contributed by atoms with E-state index in [0.717, 1.165) is 16.7 Å². The molecule has 0 aliphatic carbocycles. The van der Waals surface area contributed by atoms with E-state index in [1.54, 1.807) is 12.1 Å². The average Bonchev–Trinajstić information content (AvgIpc) is 2.89. The van der Waals surface area contributed by atoms with E-state index in [2.05, 4.69) is 5.32 Å². The van der Waals surface area contributed by atoms with Gasteiger partial charge < -0.3 is 32.1 Å². The largest absolute Gasteiger partial charge is 0.481 e. The molecular formula is C29H37N3O7S. The lowest BCUT2D eigenvalue weighted by atomic mass is 10.0. The SMILES string of the molecule is CC(=O)NC(CC(=O)O)c1ccccc1.N[C@@H](CC(=O)O)c1ccccc1.N[C@H](CC(=O)O)c1ccccc1.S. The van der Waals surface area contributed by atoms with Crippen LogP contribution in [0.4, 0.5) is 0 Å². The van der Waals surface area contributed by atoms with Crippen molar-refractivity contribution in [3.05, 3.63) is 108 Å². The number of benzene rings is 3. The molecule has 0 saturated carbocycles. The Bertz CT molecular complexity index is 1090. The molecule has 1 amide bonds. The van der Waals surface area contributed by atoms with Crippen molar-refractivity contribution < 1.29 is 34.5 Å². The van der Waals surface area contributed by atoms with Gasteiger partial charge in [-0.2, -0.15) is 13.5 Å². The van der Waals surface area contributed by atoms with Crippen LogP contribution >= 0.6 is 13.5 Å². The molecule has 0 heterocycles. The van der Waals surface area contributed by atoms with Crippen molar-refractivity contribution in [2.75, 3.05) is 0 Å². The molecule has 0 aromatic heterocycles. The maximum absolute atomic E-state index is 10.9. The zero-order valence-electron chi connectivity index (χ0n) is 22.1. The molecule has 0 saturated heterocycles. The van der Waals surface area contributed by atoms with E-state index in [-0.39, 0.29) is 38.7 Å². The fourth-order valence-corrected chi connectivity index (χ4v) is 3.37. The summed E-state index contributed by atoms with van der Waals surface area (Å²) in [6, 6.07) is 26.2. The number of amides is 1. The highest BCUT2D eigenvalue weighted by Crippen LogP contribution is 2.16. The number of nitrogens with one attached hydrogen (secondary N) is 1. The predicted octanol–water partition coefficient (Wildman–Crippen LogP) is 3.77.